The number of carbonyl (C=O) groups is 2. The van der Waals surface area contributed by atoms with Crippen molar-refractivity contribution in [2.75, 3.05) is 5.43 Å². The topological polar surface area (TPSA) is 87.1 Å². The molecule has 0 unspecified atom stereocenters. The molecule has 6 nitrogen and oxygen atoms in total. The maximum Gasteiger partial charge on any atom is 0.335 e. The van der Waals surface area contributed by atoms with E-state index in [1.807, 2.05) is 0 Å². The fraction of sp³-hybridized carbons (Fsp3) is 0.100. The molecule has 0 aliphatic heterocycles. The predicted octanol–water partition coefficient (Wildman–Crippen LogP) is 1.49. The van der Waals surface area contributed by atoms with E-state index in [0.717, 1.165) is 0 Å². The summed E-state index contributed by atoms with van der Waals surface area (Å²) in [4.78, 5) is 24.6. The molecule has 0 bridgehead atoms. The van der Waals surface area contributed by atoms with E-state index in [1.165, 1.54) is 23.7 Å². The van der Waals surface area contributed by atoms with Crippen molar-refractivity contribution in [3.63, 3.8) is 0 Å². The van der Waals surface area contributed by atoms with Gasteiger partial charge in [-0.2, -0.15) is 0 Å². The van der Waals surface area contributed by atoms with Crippen LogP contribution in [0.2, 0.25) is 0 Å². The number of aromatic carboxylic acids is 1. The Morgan fingerprint density at radius 1 is 1.47 bits per heavy atom. The number of nitrogens with zero attached hydrogens (tertiary/aromatic N) is 1. The van der Waals surface area contributed by atoms with E-state index in [2.05, 4.69) is 10.4 Å². The molecule has 3 N–H and O–H groups in total. The highest BCUT2D eigenvalue weighted by molar-refractivity contribution is 7.71. The van der Waals surface area contributed by atoms with Crippen molar-refractivity contribution >= 4 is 35.1 Å². The molecule has 2 aromatic rings. The molecule has 0 spiro atoms. The summed E-state index contributed by atoms with van der Waals surface area (Å²) in [5.41, 5.74) is 3.88. The number of imidazole rings is 1. The molecule has 0 fully saturated rings. The minimum atomic E-state index is -1.02. The van der Waals surface area contributed by atoms with Crippen molar-refractivity contribution in [3.05, 3.63) is 28.5 Å². The Hall–Kier alpha value is -2.15. The second-order valence-electron chi connectivity index (χ2n) is 3.47. The average molecular weight is 251 g/mol. The third kappa shape index (κ3) is 2.04. The molecule has 1 amide bonds. The Balaban J connectivity index is 2.64. The molecule has 7 heteroatoms. The van der Waals surface area contributed by atoms with Crippen molar-refractivity contribution < 1.29 is 14.7 Å². The minimum absolute atomic E-state index is 0.156. The zero-order valence-corrected chi connectivity index (χ0v) is 9.67. The molecular formula is C10H9N3O3S. The maximum atomic E-state index is 11.0. The van der Waals surface area contributed by atoms with Gasteiger partial charge in [0.15, 0.2) is 4.77 Å². The molecule has 0 saturated carbocycles. The number of hydrogen-bond acceptors (Lipinski definition) is 3. The lowest BCUT2D eigenvalue weighted by atomic mass is 10.2. The molecule has 0 aliphatic rings. The van der Waals surface area contributed by atoms with Crippen molar-refractivity contribution in [3.8, 4) is 0 Å². The van der Waals surface area contributed by atoms with E-state index in [-0.39, 0.29) is 11.5 Å². The van der Waals surface area contributed by atoms with Crippen molar-refractivity contribution in [1.29, 1.82) is 0 Å². The quantitative estimate of drug-likeness (QED) is 0.706. The molecule has 88 valence electrons. The predicted molar refractivity (Wildman–Crippen MR) is 64.1 cm³/mol. The number of carbonyl (C=O) groups excluding carboxylic acids is 1. The molecule has 1 aromatic carbocycles. The highest BCUT2D eigenvalue weighted by Gasteiger charge is 2.09. The number of benzene rings is 1. The van der Waals surface area contributed by atoms with Gasteiger partial charge in [0.2, 0.25) is 5.91 Å². The van der Waals surface area contributed by atoms with Crippen LogP contribution in [-0.4, -0.2) is 26.6 Å². The zero-order chi connectivity index (χ0) is 12.6. The van der Waals surface area contributed by atoms with E-state index in [4.69, 9.17) is 17.3 Å². The Labute approximate surface area is 101 Å². The highest BCUT2D eigenvalue weighted by atomic mass is 32.1. The van der Waals surface area contributed by atoms with Crippen molar-refractivity contribution in [1.82, 2.24) is 9.66 Å². The van der Waals surface area contributed by atoms with Crippen LogP contribution in [0.3, 0.4) is 0 Å². The third-order valence-corrected chi connectivity index (χ3v) is 2.48. The highest BCUT2D eigenvalue weighted by Crippen LogP contribution is 2.15. The third-order valence-electron chi connectivity index (χ3n) is 2.20. The molecule has 1 heterocycles. The summed E-state index contributed by atoms with van der Waals surface area (Å²) in [5, 5.41) is 8.85. The average Bonchev–Trinajstić information content (AvgIpc) is 2.54. The van der Waals surface area contributed by atoms with Crippen LogP contribution in [0.1, 0.15) is 17.3 Å². The SMILES string of the molecule is CC(=O)Nn1c(=S)[nH]c2cc(C(=O)O)ccc21. The second-order valence-corrected chi connectivity index (χ2v) is 3.86. The molecular weight excluding hydrogens is 242 g/mol. The smallest absolute Gasteiger partial charge is 0.335 e. The van der Waals surface area contributed by atoms with E-state index in [1.54, 1.807) is 6.07 Å². The lowest BCUT2D eigenvalue weighted by molar-refractivity contribution is -0.115. The van der Waals surface area contributed by atoms with Gasteiger partial charge in [0.25, 0.3) is 0 Å². The van der Waals surface area contributed by atoms with Crippen LogP contribution in [0.15, 0.2) is 18.2 Å². The van der Waals surface area contributed by atoms with Gasteiger partial charge >= 0.3 is 5.97 Å². The largest absolute Gasteiger partial charge is 0.478 e. The number of aromatic nitrogens is 2. The van der Waals surface area contributed by atoms with Crippen LogP contribution in [0, 0.1) is 4.77 Å². The number of H-pyrrole nitrogens is 1. The van der Waals surface area contributed by atoms with Crippen LogP contribution < -0.4 is 5.43 Å². The summed E-state index contributed by atoms with van der Waals surface area (Å²) in [6.45, 7) is 1.37. The number of carboxylic acid groups (broad SMARTS) is 1. The zero-order valence-electron chi connectivity index (χ0n) is 8.85. The number of hydrogen-bond donors (Lipinski definition) is 3. The van der Waals surface area contributed by atoms with E-state index in [9.17, 15) is 9.59 Å². The number of aromatic amines is 1. The van der Waals surface area contributed by atoms with Gasteiger partial charge in [-0.1, -0.05) is 0 Å². The van der Waals surface area contributed by atoms with Crippen LogP contribution in [-0.2, 0) is 4.79 Å². The van der Waals surface area contributed by atoms with Crippen molar-refractivity contribution in [2.45, 2.75) is 6.92 Å². The Morgan fingerprint density at radius 3 is 2.76 bits per heavy atom. The molecule has 1 aromatic heterocycles. The van der Waals surface area contributed by atoms with E-state index in [0.29, 0.717) is 15.8 Å². The number of carboxylic acids is 1. The number of nitrogens with one attached hydrogen (secondary N) is 2. The molecule has 0 saturated heterocycles. The van der Waals surface area contributed by atoms with Gasteiger partial charge in [0, 0.05) is 6.92 Å². The van der Waals surface area contributed by atoms with Gasteiger partial charge in [0.05, 0.1) is 16.6 Å². The molecule has 0 radical (unpaired) electrons. The number of fused-ring (bicyclic) bond motifs is 1. The van der Waals surface area contributed by atoms with Gasteiger partial charge in [-0.05, 0) is 30.4 Å². The Bertz CT molecular complexity index is 671. The monoisotopic (exact) mass is 251 g/mol. The first-order valence-corrected chi connectivity index (χ1v) is 5.15. The standard InChI is InChI=1S/C10H9N3O3S/c1-5(14)12-13-8-3-2-6(9(15)16)4-7(8)11-10(13)17/h2-4H,1H3,(H,11,17)(H,12,14)(H,15,16). The fourth-order valence-corrected chi connectivity index (χ4v) is 1.77. The molecule has 17 heavy (non-hydrogen) atoms. The van der Waals surface area contributed by atoms with Gasteiger partial charge in [-0.25, -0.2) is 9.47 Å². The second kappa shape index (κ2) is 4.02. The van der Waals surface area contributed by atoms with Crippen LogP contribution in [0.4, 0.5) is 0 Å². The number of amides is 1. The van der Waals surface area contributed by atoms with Gasteiger partial charge in [-0.3, -0.25) is 10.2 Å². The van der Waals surface area contributed by atoms with E-state index >= 15 is 0 Å². The number of rotatable bonds is 2. The Kier molecular flexibility index (Phi) is 2.68. The van der Waals surface area contributed by atoms with Crippen LogP contribution >= 0.6 is 12.2 Å². The lowest BCUT2D eigenvalue weighted by Crippen LogP contribution is -2.19. The maximum absolute atomic E-state index is 11.0. The minimum Gasteiger partial charge on any atom is -0.478 e. The fourth-order valence-electron chi connectivity index (χ4n) is 1.51. The normalized spacial score (nSPS) is 10.4. The molecule has 0 aliphatic carbocycles. The molecule has 0 atom stereocenters. The van der Waals surface area contributed by atoms with Crippen LogP contribution in [0.25, 0.3) is 11.0 Å². The summed E-state index contributed by atoms with van der Waals surface area (Å²) in [6.07, 6.45) is 0. The summed E-state index contributed by atoms with van der Waals surface area (Å²) in [6, 6.07) is 4.50. The van der Waals surface area contributed by atoms with Crippen molar-refractivity contribution in [2.24, 2.45) is 0 Å². The molecule has 2 rings (SSSR count). The van der Waals surface area contributed by atoms with Gasteiger partial charge in [-0.15, -0.1) is 0 Å². The first kappa shape index (κ1) is 11.3. The Morgan fingerprint density at radius 2 is 2.18 bits per heavy atom. The lowest BCUT2D eigenvalue weighted by Gasteiger charge is -2.03. The summed E-state index contributed by atoms with van der Waals surface area (Å²) < 4.78 is 1.70. The van der Waals surface area contributed by atoms with Gasteiger partial charge < -0.3 is 10.1 Å². The summed E-state index contributed by atoms with van der Waals surface area (Å²) >= 11 is 5.03. The summed E-state index contributed by atoms with van der Waals surface area (Å²) in [7, 11) is 0. The van der Waals surface area contributed by atoms with Crippen LogP contribution in [0.5, 0.6) is 0 Å². The van der Waals surface area contributed by atoms with E-state index < -0.39 is 5.97 Å². The summed E-state index contributed by atoms with van der Waals surface area (Å²) in [5.74, 6) is -1.28. The first-order chi connectivity index (χ1) is 7.99. The first-order valence-electron chi connectivity index (χ1n) is 4.74. The van der Waals surface area contributed by atoms with Gasteiger partial charge in [0.1, 0.15) is 0 Å².